The Morgan fingerprint density at radius 2 is 1.63 bits per heavy atom. The predicted octanol–water partition coefficient (Wildman–Crippen LogP) is 3.71. The number of hydrogen-bond acceptors (Lipinski definition) is 1. The van der Waals surface area contributed by atoms with E-state index in [0.717, 1.165) is 0 Å². The van der Waals surface area contributed by atoms with E-state index in [1.54, 1.807) is 5.32 Å². The van der Waals surface area contributed by atoms with Gasteiger partial charge in [0.05, 0.1) is 6.04 Å². The first-order valence-electron chi connectivity index (χ1n) is 5.06. The van der Waals surface area contributed by atoms with E-state index in [0.29, 0.717) is 10.6 Å². The first-order valence-corrected chi connectivity index (χ1v) is 5.44. The van der Waals surface area contributed by atoms with Crippen molar-refractivity contribution in [3.8, 4) is 0 Å². The highest BCUT2D eigenvalue weighted by Gasteiger charge is 2.63. The van der Waals surface area contributed by atoms with Gasteiger partial charge in [0.15, 0.2) is 0 Å². The highest BCUT2D eigenvalue weighted by molar-refractivity contribution is 6.30. The van der Waals surface area contributed by atoms with E-state index in [4.69, 9.17) is 11.6 Å². The Bertz CT molecular complexity index is 457. The molecule has 0 saturated heterocycles. The molecule has 0 bridgehead atoms. The Morgan fingerprint density at radius 3 is 2.05 bits per heavy atom. The van der Waals surface area contributed by atoms with Crippen LogP contribution in [0.1, 0.15) is 18.5 Å². The molecule has 0 saturated carbocycles. The normalized spacial score (nSPS) is 14.1. The minimum Gasteiger partial charge on any atom is -0.344 e. The topological polar surface area (TPSA) is 29.1 Å². The number of nitrogens with one attached hydrogen (secondary N) is 1. The lowest BCUT2D eigenvalue weighted by molar-refractivity contribution is -0.270. The molecule has 0 heterocycles. The van der Waals surface area contributed by atoms with Crippen LogP contribution in [-0.2, 0) is 4.79 Å². The van der Waals surface area contributed by atoms with Gasteiger partial charge in [0.25, 0.3) is 0 Å². The first kappa shape index (κ1) is 15.7. The zero-order chi connectivity index (χ0) is 14.8. The maximum absolute atomic E-state index is 12.7. The third-order valence-electron chi connectivity index (χ3n) is 2.36. The van der Waals surface area contributed by atoms with Gasteiger partial charge in [-0.3, -0.25) is 4.79 Å². The maximum atomic E-state index is 12.7. The molecule has 1 aromatic carbocycles. The molecule has 1 aromatic rings. The van der Waals surface area contributed by atoms with E-state index < -0.39 is 24.0 Å². The van der Waals surface area contributed by atoms with E-state index >= 15 is 0 Å². The SMILES string of the molecule is C[C@H](NC(=O)C(F)(F)C(F)(F)F)c1ccc(Cl)cc1. The summed E-state index contributed by atoms with van der Waals surface area (Å²) in [5.74, 6) is -7.81. The van der Waals surface area contributed by atoms with Crippen LogP contribution in [0.3, 0.4) is 0 Å². The standard InChI is InChI=1S/C11H9ClF5NO/c1-6(7-2-4-8(12)5-3-7)18-9(19)10(13,14)11(15,16)17/h2-6H,1H3,(H,18,19)/t6-/m0/s1. The van der Waals surface area contributed by atoms with Crippen LogP contribution < -0.4 is 5.32 Å². The number of carbonyl (C=O) groups is 1. The predicted molar refractivity (Wildman–Crippen MR) is 59.0 cm³/mol. The van der Waals surface area contributed by atoms with Crippen molar-refractivity contribution in [3.05, 3.63) is 34.9 Å². The van der Waals surface area contributed by atoms with E-state index in [9.17, 15) is 26.7 Å². The van der Waals surface area contributed by atoms with Crippen molar-refractivity contribution in [1.82, 2.24) is 5.32 Å². The van der Waals surface area contributed by atoms with Gasteiger partial charge in [0.2, 0.25) is 0 Å². The zero-order valence-corrected chi connectivity index (χ0v) is 10.3. The van der Waals surface area contributed by atoms with E-state index in [1.165, 1.54) is 31.2 Å². The number of benzene rings is 1. The molecule has 2 nitrogen and oxygen atoms in total. The monoisotopic (exact) mass is 301 g/mol. The number of carbonyl (C=O) groups excluding carboxylic acids is 1. The molecule has 0 aliphatic carbocycles. The fourth-order valence-corrected chi connectivity index (χ4v) is 1.38. The quantitative estimate of drug-likeness (QED) is 0.847. The van der Waals surface area contributed by atoms with Crippen LogP contribution in [0.25, 0.3) is 0 Å². The van der Waals surface area contributed by atoms with Gasteiger partial charge in [-0.25, -0.2) is 0 Å². The summed E-state index contributed by atoms with van der Waals surface area (Å²) in [6.45, 7) is 1.29. The average Bonchev–Trinajstić information content (AvgIpc) is 2.28. The van der Waals surface area contributed by atoms with Gasteiger partial charge >= 0.3 is 18.0 Å². The second-order valence-corrected chi connectivity index (χ2v) is 4.26. The molecule has 1 rings (SSSR count). The number of hydrogen-bond donors (Lipinski definition) is 1. The summed E-state index contributed by atoms with van der Waals surface area (Å²) in [7, 11) is 0. The summed E-state index contributed by atoms with van der Waals surface area (Å²) >= 11 is 5.60. The molecule has 1 amide bonds. The molecule has 19 heavy (non-hydrogen) atoms. The Balaban J connectivity index is 2.80. The molecule has 0 fully saturated rings. The second-order valence-electron chi connectivity index (χ2n) is 3.82. The van der Waals surface area contributed by atoms with Crippen molar-refractivity contribution in [1.29, 1.82) is 0 Å². The van der Waals surface area contributed by atoms with Gasteiger partial charge in [-0.2, -0.15) is 22.0 Å². The Kier molecular flexibility index (Phi) is 4.39. The van der Waals surface area contributed by atoms with E-state index in [1.807, 2.05) is 0 Å². The van der Waals surface area contributed by atoms with Gasteiger partial charge in [-0.05, 0) is 24.6 Å². The third-order valence-corrected chi connectivity index (χ3v) is 2.61. The summed E-state index contributed by atoms with van der Waals surface area (Å²) in [5, 5.41) is 1.99. The smallest absolute Gasteiger partial charge is 0.344 e. The van der Waals surface area contributed by atoms with E-state index in [-0.39, 0.29) is 0 Å². The van der Waals surface area contributed by atoms with Gasteiger partial charge in [0.1, 0.15) is 0 Å². The minimum atomic E-state index is -5.92. The average molecular weight is 302 g/mol. The fourth-order valence-electron chi connectivity index (χ4n) is 1.25. The van der Waals surface area contributed by atoms with Crippen molar-refractivity contribution >= 4 is 17.5 Å². The third kappa shape index (κ3) is 3.56. The minimum absolute atomic E-state index is 0.357. The Labute approximate surface area is 110 Å². The van der Waals surface area contributed by atoms with Crippen LogP contribution in [0.2, 0.25) is 5.02 Å². The van der Waals surface area contributed by atoms with Crippen LogP contribution in [0.5, 0.6) is 0 Å². The lowest BCUT2D eigenvalue weighted by Gasteiger charge is -2.21. The molecular formula is C11H9ClF5NO. The number of rotatable bonds is 3. The van der Waals surface area contributed by atoms with Crippen molar-refractivity contribution < 1.29 is 26.7 Å². The van der Waals surface area contributed by atoms with Gasteiger partial charge in [-0.15, -0.1) is 0 Å². The largest absolute Gasteiger partial charge is 0.463 e. The molecule has 0 aromatic heterocycles. The molecule has 0 unspecified atom stereocenters. The van der Waals surface area contributed by atoms with Crippen molar-refractivity contribution in [2.45, 2.75) is 25.1 Å². The van der Waals surface area contributed by atoms with Crippen LogP contribution in [-0.4, -0.2) is 18.0 Å². The zero-order valence-electron chi connectivity index (χ0n) is 9.56. The van der Waals surface area contributed by atoms with Crippen molar-refractivity contribution in [2.24, 2.45) is 0 Å². The Morgan fingerprint density at radius 1 is 1.16 bits per heavy atom. The molecule has 1 N–H and O–H groups in total. The molecular weight excluding hydrogens is 293 g/mol. The Hall–Kier alpha value is -1.37. The van der Waals surface area contributed by atoms with Crippen LogP contribution in [0, 0.1) is 0 Å². The van der Waals surface area contributed by atoms with Crippen molar-refractivity contribution in [2.75, 3.05) is 0 Å². The molecule has 0 aliphatic heterocycles. The number of halogens is 6. The number of alkyl halides is 5. The highest BCUT2D eigenvalue weighted by atomic mass is 35.5. The first-order chi connectivity index (χ1) is 8.55. The molecule has 0 aliphatic rings. The molecule has 0 spiro atoms. The summed E-state index contributed by atoms with van der Waals surface area (Å²) in [4.78, 5) is 11.0. The summed E-state index contributed by atoms with van der Waals surface area (Å²) < 4.78 is 61.3. The van der Waals surface area contributed by atoms with Gasteiger partial charge in [-0.1, -0.05) is 23.7 Å². The van der Waals surface area contributed by atoms with Gasteiger partial charge in [0, 0.05) is 5.02 Å². The molecule has 1 atom stereocenters. The van der Waals surface area contributed by atoms with Crippen LogP contribution in [0.4, 0.5) is 22.0 Å². The van der Waals surface area contributed by atoms with Gasteiger partial charge < -0.3 is 5.32 Å². The molecule has 0 radical (unpaired) electrons. The van der Waals surface area contributed by atoms with Crippen LogP contribution >= 0.6 is 11.6 Å². The lowest BCUT2D eigenvalue weighted by atomic mass is 10.1. The maximum Gasteiger partial charge on any atom is 0.463 e. The summed E-state index contributed by atoms with van der Waals surface area (Å²) in [5.41, 5.74) is 0.357. The summed E-state index contributed by atoms with van der Waals surface area (Å²) in [6, 6.07) is 4.69. The van der Waals surface area contributed by atoms with Crippen LogP contribution in [0.15, 0.2) is 24.3 Å². The molecule has 8 heteroatoms. The van der Waals surface area contributed by atoms with E-state index in [2.05, 4.69) is 0 Å². The summed E-state index contributed by atoms with van der Waals surface area (Å²) in [6.07, 6.45) is -5.92. The fraction of sp³-hybridized carbons (Fsp3) is 0.364. The molecule has 106 valence electrons. The van der Waals surface area contributed by atoms with Crippen molar-refractivity contribution in [3.63, 3.8) is 0 Å². The second kappa shape index (κ2) is 5.32. The lowest BCUT2D eigenvalue weighted by Crippen LogP contribution is -2.50. The highest BCUT2D eigenvalue weighted by Crippen LogP contribution is 2.36. The number of amides is 1.